The molecule has 0 radical (unpaired) electrons. The van der Waals surface area contributed by atoms with Crippen molar-refractivity contribution in [3.8, 4) is 0 Å². The summed E-state index contributed by atoms with van der Waals surface area (Å²) in [5, 5.41) is 4.76. The topological polar surface area (TPSA) is 83.3 Å². The van der Waals surface area contributed by atoms with Crippen LogP contribution in [0.5, 0.6) is 0 Å². The van der Waals surface area contributed by atoms with E-state index in [0.717, 1.165) is 16.5 Å². The highest BCUT2D eigenvalue weighted by Gasteiger charge is 2.14. The number of hydrogen-bond donors (Lipinski definition) is 3. The number of nitrogens with two attached hydrogens (primary N) is 1. The molecule has 1 aromatic heterocycles. The lowest BCUT2D eigenvalue weighted by Gasteiger charge is -1.98. The second kappa shape index (κ2) is 5.50. The molecular weight excluding hydrogens is 264 g/mol. The minimum atomic E-state index is -0.365. The number of rotatable bonds is 3. The van der Waals surface area contributed by atoms with E-state index in [2.05, 4.69) is 15.5 Å². The SMILES string of the molecule is Nc1c(C(=O)N/N=C/c2ccccc2)[nH]c2ccccc12. The number of para-hydroxylation sites is 1. The molecular formula is C16H14N4O. The molecule has 0 aliphatic heterocycles. The Kier molecular flexibility index (Phi) is 3.39. The highest BCUT2D eigenvalue weighted by atomic mass is 16.2. The number of carbonyl (C=O) groups excluding carboxylic acids is 1. The average molecular weight is 278 g/mol. The monoisotopic (exact) mass is 278 g/mol. The minimum Gasteiger partial charge on any atom is -0.396 e. The Balaban J connectivity index is 1.78. The number of nitrogens with one attached hydrogen (secondary N) is 2. The van der Waals surface area contributed by atoms with Gasteiger partial charge in [-0.15, -0.1) is 0 Å². The van der Waals surface area contributed by atoms with Gasteiger partial charge in [-0.3, -0.25) is 4.79 Å². The van der Waals surface area contributed by atoms with Crippen LogP contribution in [0.2, 0.25) is 0 Å². The first-order valence-electron chi connectivity index (χ1n) is 6.50. The van der Waals surface area contributed by atoms with Crippen LogP contribution in [0.4, 0.5) is 5.69 Å². The number of benzene rings is 2. The zero-order chi connectivity index (χ0) is 14.7. The summed E-state index contributed by atoms with van der Waals surface area (Å²) in [6, 6.07) is 17.0. The lowest BCUT2D eigenvalue weighted by Crippen LogP contribution is -2.19. The Labute approximate surface area is 121 Å². The summed E-state index contributed by atoms with van der Waals surface area (Å²) >= 11 is 0. The Bertz CT molecular complexity index is 806. The molecule has 1 heterocycles. The normalized spacial score (nSPS) is 11.0. The van der Waals surface area contributed by atoms with Crippen LogP contribution in [-0.2, 0) is 0 Å². The number of anilines is 1. The molecule has 21 heavy (non-hydrogen) atoms. The smallest absolute Gasteiger partial charge is 0.289 e. The van der Waals surface area contributed by atoms with Crippen LogP contribution in [0.3, 0.4) is 0 Å². The Morgan fingerprint density at radius 3 is 2.57 bits per heavy atom. The largest absolute Gasteiger partial charge is 0.396 e. The molecule has 104 valence electrons. The molecule has 0 saturated heterocycles. The van der Waals surface area contributed by atoms with Gasteiger partial charge < -0.3 is 10.7 Å². The Morgan fingerprint density at radius 2 is 1.81 bits per heavy atom. The third-order valence-corrected chi connectivity index (χ3v) is 3.15. The van der Waals surface area contributed by atoms with E-state index < -0.39 is 0 Å². The van der Waals surface area contributed by atoms with Gasteiger partial charge >= 0.3 is 0 Å². The number of amides is 1. The molecule has 1 amide bonds. The molecule has 3 aromatic rings. The molecule has 2 aromatic carbocycles. The molecule has 0 saturated carbocycles. The first kappa shape index (κ1) is 12.9. The number of fused-ring (bicyclic) bond motifs is 1. The summed E-state index contributed by atoms with van der Waals surface area (Å²) in [6.07, 6.45) is 1.58. The maximum atomic E-state index is 12.1. The zero-order valence-electron chi connectivity index (χ0n) is 11.2. The molecule has 0 aliphatic carbocycles. The number of aromatic nitrogens is 1. The number of nitrogen functional groups attached to an aromatic ring is 1. The van der Waals surface area contributed by atoms with Gasteiger partial charge in [0.2, 0.25) is 0 Å². The van der Waals surface area contributed by atoms with E-state index in [1.54, 1.807) is 6.21 Å². The fourth-order valence-corrected chi connectivity index (χ4v) is 2.10. The second-order valence-corrected chi connectivity index (χ2v) is 4.57. The van der Waals surface area contributed by atoms with Crippen LogP contribution < -0.4 is 11.2 Å². The van der Waals surface area contributed by atoms with E-state index in [0.29, 0.717) is 11.4 Å². The second-order valence-electron chi connectivity index (χ2n) is 4.57. The first-order chi connectivity index (χ1) is 10.3. The van der Waals surface area contributed by atoms with Gasteiger partial charge in [-0.2, -0.15) is 5.10 Å². The van der Waals surface area contributed by atoms with Crippen molar-refractivity contribution in [1.82, 2.24) is 10.4 Å². The number of carbonyl (C=O) groups is 1. The van der Waals surface area contributed by atoms with Crippen LogP contribution in [-0.4, -0.2) is 17.1 Å². The van der Waals surface area contributed by atoms with Crippen LogP contribution >= 0.6 is 0 Å². The zero-order valence-corrected chi connectivity index (χ0v) is 11.2. The number of H-pyrrole nitrogens is 1. The third-order valence-electron chi connectivity index (χ3n) is 3.15. The third kappa shape index (κ3) is 2.62. The fraction of sp³-hybridized carbons (Fsp3) is 0. The molecule has 0 unspecified atom stereocenters. The number of hydrogen-bond acceptors (Lipinski definition) is 3. The quantitative estimate of drug-likeness (QED) is 0.508. The molecule has 0 bridgehead atoms. The summed E-state index contributed by atoms with van der Waals surface area (Å²) in [5.74, 6) is -0.365. The Hall–Kier alpha value is -3.08. The van der Waals surface area contributed by atoms with E-state index in [9.17, 15) is 4.79 Å². The molecule has 5 nitrogen and oxygen atoms in total. The van der Waals surface area contributed by atoms with Gasteiger partial charge in [-0.05, 0) is 11.6 Å². The molecule has 0 spiro atoms. The van der Waals surface area contributed by atoms with Gasteiger partial charge in [-0.25, -0.2) is 5.43 Å². The molecule has 5 heteroatoms. The molecule has 0 fully saturated rings. The van der Waals surface area contributed by atoms with Crippen molar-refractivity contribution in [3.63, 3.8) is 0 Å². The van der Waals surface area contributed by atoms with E-state index in [1.807, 2.05) is 54.6 Å². The van der Waals surface area contributed by atoms with Crippen molar-refractivity contribution in [2.45, 2.75) is 0 Å². The Morgan fingerprint density at radius 1 is 1.10 bits per heavy atom. The lowest BCUT2D eigenvalue weighted by molar-refractivity contribution is 0.0952. The van der Waals surface area contributed by atoms with Gasteiger partial charge in [0.1, 0.15) is 5.69 Å². The average Bonchev–Trinajstić information content (AvgIpc) is 2.86. The number of hydrazone groups is 1. The fourth-order valence-electron chi connectivity index (χ4n) is 2.10. The number of nitrogens with zero attached hydrogens (tertiary/aromatic N) is 1. The van der Waals surface area contributed by atoms with E-state index in [4.69, 9.17) is 5.73 Å². The maximum Gasteiger partial charge on any atom is 0.289 e. The van der Waals surface area contributed by atoms with E-state index in [-0.39, 0.29) is 5.91 Å². The van der Waals surface area contributed by atoms with Gasteiger partial charge in [0.25, 0.3) is 5.91 Å². The molecule has 3 rings (SSSR count). The summed E-state index contributed by atoms with van der Waals surface area (Å²) < 4.78 is 0. The summed E-state index contributed by atoms with van der Waals surface area (Å²) in [4.78, 5) is 15.1. The predicted octanol–water partition coefficient (Wildman–Crippen LogP) is 2.51. The van der Waals surface area contributed by atoms with E-state index >= 15 is 0 Å². The van der Waals surface area contributed by atoms with Crippen molar-refractivity contribution < 1.29 is 4.79 Å². The molecule has 0 aliphatic rings. The highest BCUT2D eigenvalue weighted by Crippen LogP contribution is 2.24. The van der Waals surface area contributed by atoms with Gasteiger partial charge in [0, 0.05) is 10.9 Å². The van der Waals surface area contributed by atoms with Crippen LogP contribution in [0.15, 0.2) is 59.7 Å². The summed E-state index contributed by atoms with van der Waals surface area (Å²) in [6.45, 7) is 0. The summed E-state index contributed by atoms with van der Waals surface area (Å²) in [7, 11) is 0. The summed E-state index contributed by atoms with van der Waals surface area (Å²) in [5.41, 5.74) is 10.9. The van der Waals surface area contributed by atoms with Crippen molar-refractivity contribution in [3.05, 3.63) is 65.9 Å². The van der Waals surface area contributed by atoms with Gasteiger partial charge in [0.15, 0.2) is 0 Å². The van der Waals surface area contributed by atoms with Gasteiger partial charge in [0.05, 0.1) is 11.9 Å². The van der Waals surface area contributed by atoms with Gasteiger partial charge in [-0.1, -0.05) is 48.5 Å². The van der Waals surface area contributed by atoms with Crippen molar-refractivity contribution in [2.75, 3.05) is 5.73 Å². The van der Waals surface area contributed by atoms with Crippen LogP contribution in [0, 0.1) is 0 Å². The van der Waals surface area contributed by atoms with Crippen LogP contribution in [0.25, 0.3) is 10.9 Å². The van der Waals surface area contributed by atoms with Crippen molar-refractivity contribution in [1.29, 1.82) is 0 Å². The molecule has 0 atom stereocenters. The maximum absolute atomic E-state index is 12.1. The van der Waals surface area contributed by atoms with E-state index in [1.165, 1.54) is 0 Å². The first-order valence-corrected chi connectivity index (χ1v) is 6.50. The highest BCUT2D eigenvalue weighted by molar-refractivity contribution is 6.07. The minimum absolute atomic E-state index is 0.321. The standard InChI is InChI=1S/C16H14N4O/c17-14-12-8-4-5-9-13(12)19-15(14)16(21)20-18-10-11-6-2-1-3-7-11/h1-10,19H,17H2,(H,20,21)/b18-10+. The number of aromatic amines is 1. The van der Waals surface area contributed by atoms with Crippen LogP contribution in [0.1, 0.15) is 16.1 Å². The molecule has 4 N–H and O–H groups in total. The van der Waals surface area contributed by atoms with Crippen molar-refractivity contribution >= 4 is 28.7 Å². The lowest BCUT2D eigenvalue weighted by atomic mass is 10.2. The predicted molar refractivity (Wildman–Crippen MR) is 84.2 cm³/mol. The van der Waals surface area contributed by atoms with Crippen molar-refractivity contribution in [2.24, 2.45) is 5.10 Å².